The lowest BCUT2D eigenvalue weighted by molar-refractivity contribution is 0.0497. The standard InChI is InChI=1S/C14H9Br2F2N3O3/c15-11-3-7(9(17)5-20-11)13(22)19-1-2-24-14(23)8-4-12(16)21-6-10(8)18/h3-6H,1-2H2,(H,19,22). The predicted octanol–water partition coefficient (Wildman–Crippen LogP) is 2.87. The molecule has 126 valence electrons. The van der Waals surface area contributed by atoms with E-state index in [9.17, 15) is 18.4 Å². The van der Waals surface area contributed by atoms with Gasteiger partial charge in [-0.25, -0.2) is 23.5 Å². The van der Waals surface area contributed by atoms with Crippen molar-refractivity contribution in [3.8, 4) is 0 Å². The van der Waals surface area contributed by atoms with E-state index in [1.54, 1.807) is 0 Å². The van der Waals surface area contributed by atoms with Crippen molar-refractivity contribution in [3.63, 3.8) is 0 Å². The van der Waals surface area contributed by atoms with Crippen LogP contribution in [0.15, 0.2) is 33.7 Å². The Balaban J connectivity index is 1.86. The second kappa shape index (κ2) is 8.25. The van der Waals surface area contributed by atoms with Gasteiger partial charge in [0.2, 0.25) is 0 Å². The molecule has 2 aromatic rings. The van der Waals surface area contributed by atoms with Crippen LogP contribution in [-0.2, 0) is 4.74 Å². The lowest BCUT2D eigenvalue weighted by Crippen LogP contribution is -2.29. The summed E-state index contributed by atoms with van der Waals surface area (Å²) in [5.74, 6) is -3.19. The van der Waals surface area contributed by atoms with Crippen molar-refractivity contribution in [3.05, 3.63) is 56.5 Å². The number of rotatable bonds is 5. The van der Waals surface area contributed by atoms with Crippen LogP contribution >= 0.6 is 31.9 Å². The van der Waals surface area contributed by atoms with E-state index in [4.69, 9.17) is 4.74 Å². The van der Waals surface area contributed by atoms with Crippen LogP contribution in [0.3, 0.4) is 0 Å². The third-order valence-electron chi connectivity index (χ3n) is 2.73. The number of pyridine rings is 2. The molecular weight excluding hydrogens is 456 g/mol. The Morgan fingerprint density at radius 3 is 2.21 bits per heavy atom. The number of nitrogens with one attached hydrogen (secondary N) is 1. The summed E-state index contributed by atoms with van der Waals surface area (Å²) in [7, 11) is 0. The van der Waals surface area contributed by atoms with E-state index in [0.29, 0.717) is 4.60 Å². The van der Waals surface area contributed by atoms with E-state index in [-0.39, 0.29) is 28.9 Å². The van der Waals surface area contributed by atoms with Crippen molar-refractivity contribution < 1.29 is 23.1 Å². The molecule has 1 amide bonds. The highest BCUT2D eigenvalue weighted by Crippen LogP contribution is 2.14. The molecule has 0 saturated heterocycles. The highest BCUT2D eigenvalue weighted by atomic mass is 79.9. The van der Waals surface area contributed by atoms with Crippen LogP contribution in [0.2, 0.25) is 0 Å². The van der Waals surface area contributed by atoms with Crippen molar-refractivity contribution in [2.24, 2.45) is 0 Å². The molecule has 2 heterocycles. The average Bonchev–Trinajstić information content (AvgIpc) is 2.55. The Kier molecular flexibility index (Phi) is 6.32. The van der Waals surface area contributed by atoms with E-state index >= 15 is 0 Å². The van der Waals surface area contributed by atoms with Crippen LogP contribution in [0.1, 0.15) is 20.7 Å². The zero-order valence-electron chi connectivity index (χ0n) is 11.9. The monoisotopic (exact) mass is 463 g/mol. The summed E-state index contributed by atoms with van der Waals surface area (Å²) in [6, 6.07) is 2.40. The molecule has 0 bridgehead atoms. The summed E-state index contributed by atoms with van der Waals surface area (Å²) >= 11 is 6.05. The molecule has 0 radical (unpaired) electrons. The predicted molar refractivity (Wildman–Crippen MR) is 86.4 cm³/mol. The van der Waals surface area contributed by atoms with Gasteiger partial charge in [0.05, 0.1) is 30.1 Å². The number of amides is 1. The quantitative estimate of drug-likeness (QED) is 0.418. The summed E-state index contributed by atoms with van der Waals surface area (Å²) in [4.78, 5) is 30.8. The molecule has 0 saturated carbocycles. The fourth-order valence-corrected chi connectivity index (χ4v) is 2.30. The smallest absolute Gasteiger partial charge is 0.341 e. The Morgan fingerprint density at radius 1 is 1.04 bits per heavy atom. The fraction of sp³-hybridized carbons (Fsp3) is 0.143. The van der Waals surface area contributed by atoms with Gasteiger partial charge in [-0.3, -0.25) is 4.79 Å². The molecule has 0 spiro atoms. The molecule has 0 unspecified atom stereocenters. The van der Waals surface area contributed by atoms with E-state index < -0.39 is 23.5 Å². The summed E-state index contributed by atoms with van der Waals surface area (Å²) in [5.41, 5.74) is -0.486. The van der Waals surface area contributed by atoms with Gasteiger partial charge in [0.15, 0.2) is 11.6 Å². The van der Waals surface area contributed by atoms with Crippen LogP contribution in [0, 0.1) is 11.6 Å². The molecule has 0 fully saturated rings. The van der Waals surface area contributed by atoms with Crippen LogP contribution in [0.4, 0.5) is 8.78 Å². The first kappa shape index (κ1) is 18.4. The molecule has 0 atom stereocenters. The molecule has 2 aromatic heterocycles. The summed E-state index contributed by atoms with van der Waals surface area (Å²) in [6.45, 7) is -0.282. The maximum Gasteiger partial charge on any atom is 0.341 e. The minimum atomic E-state index is -0.900. The molecule has 0 aliphatic heterocycles. The lowest BCUT2D eigenvalue weighted by Gasteiger charge is -2.08. The Morgan fingerprint density at radius 2 is 1.58 bits per heavy atom. The van der Waals surface area contributed by atoms with E-state index in [0.717, 1.165) is 12.4 Å². The first-order valence-electron chi connectivity index (χ1n) is 6.46. The van der Waals surface area contributed by atoms with E-state index in [1.165, 1.54) is 12.1 Å². The van der Waals surface area contributed by atoms with Gasteiger partial charge in [0.1, 0.15) is 15.8 Å². The van der Waals surface area contributed by atoms with Crippen molar-refractivity contribution in [1.82, 2.24) is 15.3 Å². The molecule has 24 heavy (non-hydrogen) atoms. The van der Waals surface area contributed by atoms with E-state index in [2.05, 4.69) is 47.1 Å². The highest BCUT2D eigenvalue weighted by Gasteiger charge is 2.15. The molecule has 1 N–H and O–H groups in total. The fourth-order valence-electron chi connectivity index (χ4n) is 1.64. The number of nitrogens with zero attached hydrogens (tertiary/aromatic N) is 2. The Hall–Kier alpha value is -1.94. The number of ether oxygens (including phenoxy) is 1. The lowest BCUT2D eigenvalue weighted by atomic mass is 10.2. The van der Waals surface area contributed by atoms with E-state index in [1.807, 2.05) is 0 Å². The molecule has 0 aliphatic carbocycles. The number of esters is 1. The molecule has 0 aromatic carbocycles. The molecule has 6 nitrogen and oxygen atoms in total. The van der Waals surface area contributed by atoms with Gasteiger partial charge < -0.3 is 10.1 Å². The van der Waals surface area contributed by atoms with Crippen LogP contribution in [0.25, 0.3) is 0 Å². The third kappa shape index (κ3) is 4.78. The Labute approximate surface area is 151 Å². The van der Waals surface area contributed by atoms with Crippen molar-refractivity contribution in [2.45, 2.75) is 0 Å². The van der Waals surface area contributed by atoms with Gasteiger partial charge in [-0.2, -0.15) is 0 Å². The topological polar surface area (TPSA) is 81.2 Å². The van der Waals surface area contributed by atoms with Crippen LogP contribution < -0.4 is 5.32 Å². The number of carbonyl (C=O) groups is 2. The van der Waals surface area contributed by atoms with Crippen LogP contribution in [0.5, 0.6) is 0 Å². The largest absolute Gasteiger partial charge is 0.460 e. The number of carbonyl (C=O) groups excluding carboxylic acids is 2. The SMILES string of the molecule is O=C(NCCOC(=O)c1cc(Br)ncc1F)c1cc(Br)ncc1F. The second-order valence-corrected chi connectivity index (χ2v) is 5.99. The third-order valence-corrected chi connectivity index (χ3v) is 3.60. The molecule has 0 aliphatic rings. The maximum absolute atomic E-state index is 13.5. The average molecular weight is 465 g/mol. The van der Waals surface area contributed by atoms with Crippen molar-refractivity contribution in [2.75, 3.05) is 13.2 Å². The highest BCUT2D eigenvalue weighted by molar-refractivity contribution is 9.10. The van der Waals surface area contributed by atoms with Gasteiger partial charge in [-0.1, -0.05) is 0 Å². The first-order chi connectivity index (χ1) is 11.4. The van der Waals surface area contributed by atoms with Gasteiger partial charge in [0.25, 0.3) is 5.91 Å². The number of hydrogen-bond acceptors (Lipinski definition) is 5. The summed E-state index contributed by atoms with van der Waals surface area (Å²) in [5, 5.41) is 2.38. The van der Waals surface area contributed by atoms with Crippen molar-refractivity contribution >= 4 is 43.7 Å². The van der Waals surface area contributed by atoms with Gasteiger partial charge in [-0.15, -0.1) is 0 Å². The number of halogens is 4. The first-order valence-corrected chi connectivity index (χ1v) is 8.04. The van der Waals surface area contributed by atoms with Crippen LogP contribution in [-0.4, -0.2) is 35.0 Å². The number of aromatic nitrogens is 2. The zero-order chi connectivity index (χ0) is 17.7. The normalized spacial score (nSPS) is 10.3. The summed E-state index contributed by atoms with van der Waals surface area (Å²) < 4.78 is 32.4. The summed E-state index contributed by atoms with van der Waals surface area (Å²) in [6.07, 6.45) is 1.79. The Bertz CT molecular complexity index is 724. The number of hydrogen-bond donors (Lipinski definition) is 1. The maximum atomic E-state index is 13.5. The minimum Gasteiger partial charge on any atom is -0.460 e. The molecule has 10 heteroatoms. The van der Waals surface area contributed by atoms with Gasteiger partial charge >= 0.3 is 5.97 Å². The molecular formula is C14H9Br2F2N3O3. The zero-order valence-corrected chi connectivity index (χ0v) is 15.0. The minimum absolute atomic E-state index is 0.0716. The van der Waals surface area contributed by atoms with Crippen molar-refractivity contribution in [1.29, 1.82) is 0 Å². The van der Waals surface area contributed by atoms with Gasteiger partial charge in [-0.05, 0) is 44.0 Å². The van der Waals surface area contributed by atoms with Gasteiger partial charge in [0, 0.05) is 0 Å². The molecule has 2 rings (SSSR count). The second-order valence-electron chi connectivity index (χ2n) is 4.37.